The highest BCUT2D eigenvalue weighted by Crippen LogP contribution is 2.35. The Balaban J connectivity index is 1.84. The van der Waals surface area contributed by atoms with E-state index in [1.165, 1.54) is 24.3 Å². The van der Waals surface area contributed by atoms with E-state index >= 15 is 0 Å². The maximum Gasteiger partial charge on any atom is 0.282 e. The smallest absolute Gasteiger partial charge is 0.282 e. The number of rotatable bonds is 4. The lowest BCUT2D eigenvalue weighted by Crippen LogP contribution is -2.33. The van der Waals surface area contributed by atoms with Crippen LogP contribution in [0.1, 0.15) is 11.1 Å². The molecule has 4 nitrogen and oxygen atoms in total. The predicted molar refractivity (Wildman–Crippen MR) is 107 cm³/mol. The topological polar surface area (TPSA) is 49.4 Å². The molecule has 3 aromatic rings. The lowest BCUT2D eigenvalue weighted by Gasteiger charge is -2.16. The van der Waals surface area contributed by atoms with Crippen molar-refractivity contribution in [2.24, 2.45) is 0 Å². The summed E-state index contributed by atoms with van der Waals surface area (Å²) in [5.41, 5.74) is 1.11. The predicted octanol–water partition coefficient (Wildman–Crippen LogP) is 4.81. The summed E-state index contributed by atoms with van der Waals surface area (Å²) in [5.74, 6) is -4.42. The Morgan fingerprint density at radius 3 is 2.13 bits per heavy atom. The van der Waals surface area contributed by atoms with Gasteiger partial charge in [0.05, 0.1) is 11.3 Å². The van der Waals surface area contributed by atoms with E-state index in [2.05, 4.69) is 5.32 Å². The van der Waals surface area contributed by atoms with E-state index < -0.39 is 29.3 Å². The Morgan fingerprint density at radius 1 is 0.767 bits per heavy atom. The summed E-state index contributed by atoms with van der Waals surface area (Å²) in [6, 6.07) is 15.3. The molecule has 0 atom stereocenters. The Hall–Kier alpha value is -3.87. The number of hydrogen-bond acceptors (Lipinski definition) is 3. The number of aryl methyl sites for hydroxylation is 1. The first kappa shape index (κ1) is 19.4. The summed E-state index contributed by atoms with van der Waals surface area (Å²) in [6.07, 6.45) is 0. The monoisotopic (exact) mass is 408 g/mol. The molecular weight excluding hydrogens is 393 g/mol. The van der Waals surface area contributed by atoms with Crippen LogP contribution in [-0.2, 0) is 9.59 Å². The molecule has 0 aliphatic carbocycles. The fourth-order valence-corrected chi connectivity index (χ4v) is 3.20. The fraction of sp³-hybridized carbons (Fsp3) is 0.0435. The molecule has 0 saturated carbocycles. The highest BCUT2D eigenvalue weighted by atomic mass is 19.2. The molecule has 4 rings (SSSR count). The second-order valence-electron chi connectivity index (χ2n) is 6.77. The largest absolute Gasteiger partial charge is 0.350 e. The molecule has 0 unspecified atom stereocenters. The Kier molecular flexibility index (Phi) is 4.87. The minimum Gasteiger partial charge on any atom is -0.350 e. The van der Waals surface area contributed by atoms with Crippen LogP contribution in [0.15, 0.2) is 72.4 Å². The summed E-state index contributed by atoms with van der Waals surface area (Å²) < 4.78 is 41.3. The van der Waals surface area contributed by atoms with Crippen molar-refractivity contribution in [1.82, 2.24) is 0 Å². The average molecular weight is 408 g/mol. The highest BCUT2D eigenvalue weighted by molar-refractivity contribution is 6.46. The summed E-state index contributed by atoms with van der Waals surface area (Å²) in [5, 5.41) is 2.71. The van der Waals surface area contributed by atoms with E-state index in [0.717, 1.165) is 28.7 Å². The zero-order valence-corrected chi connectivity index (χ0v) is 15.7. The number of para-hydroxylation sites is 1. The first-order valence-electron chi connectivity index (χ1n) is 9.03. The van der Waals surface area contributed by atoms with Gasteiger partial charge in [0.15, 0.2) is 11.6 Å². The fourth-order valence-electron chi connectivity index (χ4n) is 3.20. The number of amides is 2. The molecule has 1 heterocycles. The molecular formula is C23H15F3N2O2. The van der Waals surface area contributed by atoms with Crippen molar-refractivity contribution in [2.75, 3.05) is 10.2 Å². The maximum atomic E-state index is 14.3. The zero-order valence-electron chi connectivity index (χ0n) is 15.7. The zero-order chi connectivity index (χ0) is 21.4. The number of carbonyl (C=O) groups is 2. The molecule has 7 heteroatoms. The third kappa shape index (κ3) is 3.34. The summed E-state index contributed by atoms with van der Waals surface area (Å²) in [4.78, 5) is 27.0. The first-order valence-corrected chi connectivity index (χ1v) is 9.03. The minimum atomic E-state index is -1.11. The van der Waals surface area contributed by atoms with Crippen LogP contribution in [0.2, 0.25) is 0 Å². The molecule has 3 aromatic carbocycles. The van der Waals surface area contributed by atoms with Crippen molar-refractivity contribution in [2.45, 2.75) is 6.92 Å². The van der Waals surface area contributed by atoms with Gasteiger partial charge in [-0.1, -0.05) is 42.0 Å². The van der Waals surface area contributed by atoms with Crippen LogP contribution < -0.4 is 10.2 Å². The Morgan fingerprint density at radius 2 is 1.47 bits per heavy atom. The molecule has 1 aliphatic rings. The third-order valence-electron chi connectivity index (χ3n) is 4.71. The number of nitrogens with one attached hydrogen (secondary N) is 1. The highest BCUT2D eigenvalue weighted by Gasteiger charge is 2.41. The molecule has 30 heavy (non-hydrogen) atoms. The van der Waals surface area contributed by atoms with E-state index in [-0.39, 0.29) is 22.6 Å². The van der Waals surface area contributed by atoms with E-state index in [0.29, 0.717) is 5.56 Å². The molecule has 150 valence electrons. The minimum absolute atomic E-state index is 0.00739. The maximum absolute atomic E-state index is 14.3. The van der Waals surface area contributed by atoms with Crippen molar-refractivity contribution >= 4 is 28.8 Å². The normalized spacial score (nSPS) is 13.9. The van der Waals surface area contributed by atoms with Crippen LogP contribution in [-0.4, -0.2) is 11.8 Å². The molecule has 0 fully saturated rings. The lowest BCUT2D eigenvalue weighted by molar-refractivity contribution is -0.120. The van der Waals surface area contributed by atoms with Gasteiger partial charge >= 0.3 is 0 Å². The second kappa shape index (κ2) is 7.51. The van der Waals surface area contributed by atoms with Gasteiger partial charge in [0.25, 0.3) is 11.8 Å². The molecule has 1 aliphatic heterocycles. The summed E-state index contributed by atoms with van der Waals surface area (Å²) >= 11 is 0. The number of hydrogen-bond donors (Lipinski definition) is 1. The van der Waals surface area contributed by atoms with Gasteiger partial charge in [0, 0.05) is 11.8 Å². The lowest BCUT2D eigenvalue weighted by atomic mass is 10.0. The van der Waals surface area contributed by atoms with Gasteiger partial charge in [0.2, 0.25) is 0 Å². The Labute approximate surface area is 170 Å². The quantitative estimate of drug-likeness (QED) is 0.631. The van der Waals surface area contributed by atoms with Gasteiger partial charge in [-0.05, 0) is 36.8 Å². The van der Waals surface area contributed by atoms with E-state index in [1.807, 2.05) is 6.92 Å². The average Bonchev–Trinajstić information content (AvgIpc) is 2.96. The van der Waals surface area contributed by atoms with Crippen LogP contribution in [0.4, 0.5) is 24.5 Å². The molecule has 0 saturated heterocycles. The van der Waals surface area contributed by atoms with E-state index in [1.54, 1.807) is 24.3 Å². The van der Waals surface area contributed by atoms with Crippen molar-refractivity contribution in [1.29, 1.82) is 0 Å². The number of carbonyl (C=O) groups excluding carboxylic acids is 2. The summed E-state index contributed by atoms with van der Waals surface area (Å²) in [7, 11) is 0. The van der Waals surface area contributed by atoms with Crippen LogP contribution >= 0.6 is 0 Å². The number of benzene rings is 3. The third-order valence-corrected chi connectivity index (χ3v) is 4.71. The molecule has 1 N–H and O–H groups in total. The van der Waals surface area contributed by atoms with E-state index in [9.17, 15) is 22.8 Å². The Bertz CT molecular complexity index is 1200. The second-order valence-corrected chi connectivity index (χ2v) is 6.77. The molecule has 0 aromatic heterocycles. The molecule has 2 amide bonds. The number of halogens is 3. The van der Waals surface area contributed by atoms with Gasteiger partial charge in [-0.25, -0.2) is 18.1 Å². The number of nitrogens with zero attached hydrogens (tertiary/aromatic N) is 1. The van der Waals surface area contributed by atoms with Gasteiger partial charge in [-0.3, -0.25) is 9.59 Å². The molecule has 0 radical (unpaired) electrons. The van der Waals surface area contributed by atoms with Crippen LogP contribution in [0.5, 0.6) is 0 Å². The van der Waals surface area contributed by atoms with Crippen LogP contribution in [0, 0.1) is 24.4 Å². The molecule has 0 bridgehead atoms. The van der Waals surface area contributed by atoms with Gasteiger partial charge < -0.3 is 5.32 Å². The van der Waals surface area contributed by atoms with Crippen molar-refractivity contribution in [3.8, 4) is 0 Å². The van der Waals surface area contributed by atoms with Crippen molar-refractivity contribution in [3.63, 3.8) is 0 Å². The van der Waals surface area contributed by atoms with Gasteiger partial charge in [-0.15, -0.1) is 0 Å². The van der Waals surface area contributed by atoms with E-state index in [4.69, 9.17) is 0 Å². The van der Waals surface area contributed by atoms with Crippen molar-refractivity contribution < 1.29 is 22.8 Å². The first-order chi connectivity index (χ1) is 14.4. The molecule has 0 spiro atoms. The number of anilines is 2. The van der Waals surface area contributed by atoms with Crippen LogP contribution in [0.25, 0.3) is 5.57 Å². The summed E-state index contributed by atoms with van der Waals surface area (Å²) in [6.45, 7) is 1.87. The van der Waals surface area contributed by atoms with Crippen molar-refractivity contribution in [3.05, 3.63) is 101 Å². The standard InChI is InChI=1S/C23H15F3N2O2/c1-13-6-8-14(9-7-13)20-21(27-15-10-11-16(24)18(26)12-15)23(30)28(22(20)29)19-5-3-2-4-17(19)25/h2-12,27H,1H3. The van der Waals surface area contributed by atoms with Gasteiger partial charge in [0.1, 0.15) is 11.5 Å². The number of imide groups is 1. The van der Waals surface area contributed by atoms with Crippen LogP contribution in [0.3, 0.4) is 0 Å². The van der Waals surface area contributed by atoms with Gasteiger partial charge in [-0.2, -0.15) is 0 Å². The SMILES string of the molecule is Cc1ccc(C2=C(Nc3ccc(F)c(F)c3)C(=O)N(c3ccccc3F)C2=O)cc1.